The zero-order valence-electron chi connectivity index (χ0n) is 18.3. The second-order valence-electron chi connectivity index (χ2n) is 7.65. The SMILES string of the molecule is C=CCn1c(SCc2cc(=O)n3ccsc3n2)nnc1C(C)Oc1ccc(C(C)C)cc1. The van der Waals surface area contributed by atoms with Crippen LogP contribution >= 0.6 is 23.1 Å². The Morgan fingerprint density at radius 1 is 1.22 bits per heavy atom. The molecule has 0 bridgehead atoms. The normalized spacial score (nSPS) is 12.4. The third-order valence-corrected chi connectivity index (χ3v) is 6.74. The number of aromatic nitrogens is 5. The lowest BCUT2D eigenvalue weighted by Crippen LogP contribution is -2.13. The molecule has 0 amide bonds. The largest absolute Gasteiger partial charge is 0.483 e. The molecule has 3 aromatic heterocycles. The van der Waals surface area contributed by atoms with Crippen LogP contribution < -0.4 is 10.3 Å². The number of fused-ring (bicyclic) bond motifs is 1. The number of nitrogens with zero attached hydrogens (tertiary/aromatic N) is 5. The Hall–Kier alpha value is -2.91. The Morgan fingerprint density at radius 3 is 2.72 bits per heavy atom. The number of rotatable bonds is 9. The fraction of sp³-hybridized carbons (Fsp3) is 0.304. The maximum atomic E-state index is 12.2. The highest BCUT2D eigenvalue weighted by Crippen LogP contribution is 2.27. The highest BCUT2D eigenvalue weighted by atomic mass is 32.2. The van der Waals surface area contributed by atoms with Crippen molar-refractivity contribution in [1.82, 2.24) is 24.1 Å². The van der Waals surface area contributed by atoms with E-state index in [4.69, 9.17) is 4.74 Å². The quantitative estimate of drug-likeness (QED) is 0.252. The standard InChI is InChI=1S/C23H25N5O2S2/c1-5-10-28-21(16(4)30-19-8-6-17(7-9-19)15(2)3)25-26-23(28)32-14-18-13-20(29)27-11-12-31-22(27)24-18/h5-9,11-13,15-16H,1,10,14H2,2-4H3. The summed E-state index contributed by atoms with van der Waals surface area (Å²) in [5, 5.41) is 11.3. The van der Waals surface area contributed by atoms with Crippen LogP contribution in [0.1, 0.15) is 49.9 Å². The Labute approximate surface area is 194 Å². The minimum Gasteiger partial charge on any atom is -0.483 e. The lowest BCUT2D eigenvalue weighted by molar-refractivity contribution is 0.210. The van der Waals surface area contributed by atoms with Crippen LogP contribution in [0.15, 0.2) is 64.5 Å². The van der Waals surface area contributed by atoms with Crippen molar-refractivity contribution in [3.8, 4) is 5.75 Å². The topological polar surface area (TPSA) is 74.3 Å². The molecular formula is C23H25N5O2S2. The summed E-state index contributed by atoms with van der Waals surface area (Å²) in [6.07, 6.45) is 3.26. The minimum absolute atomic E-state index is 0.0781. The highest BCUT2D eigenvalue weighted by molar-refractivity contribution is 7.98. The van der Waals surface area contributed by atoms with E-state index in [1.807, 2.05) is 35.1 Å². The van der Waals surface area contributed by atoms with Gasteiger partial charge in [0, 0.05) is 29.9 Å². The molecule has 0 saturated carbocycles. The van der Waals surface area contributed by atoms with Crippen LogP contribution in [-0.2, 0) is 12.3 Å². The fourth-order valence-electron chi connectivity index (χ4n) is 3.30. The lowest BCUT2D eigenvalue weighted by atomic mass is 10.0. The van der Waals surface area contributed by atoms with Gasteiger partial charge in [-0.3, -0.25) is 13.8 Å². The first-order valence-electron chi connectivity index (χ1n) is 10.4. The predicted molar refractivity (Wildman–Crippen MR) is 129 cm³/mol. The number of hydrogen-bond donors (Lipinski definition) is 0. The smallest absolute Gasteiger partial charge is 0.258 e. The van der Waals surface area contributed by atoms with E-state index in [-0.39, 0.29) is 11.7 Å². The molecule has 32 heavy (non-hydrogen) atoms. The Bertz CT molecular complexity index is 1270. The summed E-state index contributed by atoms with van der Waals surface area (Å²) in [5.41, 5.74) is 1.91. The van der Waals surface area contributed by atoms with Crippen LogP contribution in [0.5, 0.6) is 5.75 Å². The monoisotopic (exact) mass is 467 g/mol. The third-order valence-electron chi connectivity index (χ3n) is 4.99. The van der Waals surface area contributed by atoms with Gasteiger partial charge in [0.15, 0.2) is 22.0 Å². The minimum atomic E-state index is -0.285. The van der Waals surface area contributed by atoms with Gasteiger partial charge in [0.05, 0.1) is 5.69 Å². The van der Waals surface area contributed by atoms with E-state index in [0.717, 1.165) is 16.7 Å². The van der Waals surface area contributed by atoms with Crippen molar-refractivity contribution in [2.45, 2.75) is 50.2 Å². The number of thiazole rings is 1. The van der Waals surface area contributed by atoms with Crippen LogP contribution in [0.25, 0.3) is 4.96 Å². The first-order chi connectivity index (χ1) is 15.5. The first kappa shape index (κ1) is 22.3. The maximum absolute atomic E-state index is 12.2. The summed E-state index contributed by atoms with van der Waals surface area (Å²) in [7, 11) is 0. The van der Waals surface area contributed by atoms with E-state index in [9.17, 15) is 4.79 Å². The molecule has 4 rings (SSSR count). The molecule has 0 radical (unpaired) electrons. The van der Waals surface area contributed by atoms with Crippen LogP contribution in [0.3, 0.4) is 0 Å². The molecule has 9 heteroatoms. The van der Waals surface area contributed by atoms with Crippen molar-refractivity contribution in [3.63, 3.8) is 0 Å². The van der Waals surface area contributed by atoms with Crippen LogP contribution in [0.4, 0.5) is 0 Å². The molecule has 7 nitrogen and oxygen atoms in total. The molecule has 0 N–H and O–H groups in total. The molecule has 0 spiro atoms. The zero-order chi connectivity index (χ0) is 22.7. The average Bonchev–Trinajstić information content (AvgIpc) is 3.40. The van der Waals surface area contributed by atoms with Gasteiger partial charge in [-0.1, -0.05) is 43.8 Å². The van der Waals surface area contributed by atoms with Gasteiger partial charge in [-0.2, -0.15) is 0 Å². The van der Waals surface area contributed by atoms with Crippen molar-refractivity contribution in [2.24, 2.45) is 0 Å². The van der Waals surface area contributed by atoms with Crippen molar-refractivity contribution in [3.05, 3.63) is 82.0 Å². The van der Waals surface area contributed by atoms with E-state index in [1.165, 1.54) is 28.7 Å². The first-order valence-corrected chi connectivity index (χ1v) is 12.2. The molecule has 1 atom stereocenters. The van der Waals surface area contributed by atoms with Gasteiger partial charge in [0.25, 0.3) is 5.56 Å². The van der Waals surface area contributed by atoms with Gasteiger partial charge in [-0.05, 0) is 30.5 Å². The Morgan fingerprint density at radius 2 is 2.00 bits per heavy atom. The summed E-state index contributed by atoms with van der Waals surface area (Å²) in [6.45, 7) is 10.7. The molecule has 0 fully saturated rings. The molecule has 1 unspecified atom stereocenters. The highest BCUT2D eigenvalue weighted by Gasteiger charge is 2.19. The zero-order valence-corrected chi connectivity index (χ0v) is 19.9. The van der Waals surface area contributed by atoms with E-state index in [2.05, 4.69) is 47.7 Å². The molecule has 0 aliphatic carbocycles. The Balaban J connectivity index is 1.50. The summed E-state index contributed by atoms with van der Waals surface area (Å²) >= 11 is 2.93. The number of hydrogen-bond acceptors (Lipinski definition) is 7. The molecule has 1 aromatic carbocycles. The van der Waals surface area contributed by atoms with Crippen molar-refractivity contribution in [1.29, 1.82) is 0 Å². The molecule has 0 aliphatic rings. The van der Waals surface area contributed by atoms with E-state index in [1.54, 1.807) is 16.7 Å². The average molecular weight is 468 g/mol. The van der Waals surface area contributed by atoms with Gasteiger partial charge in [0.1, 0.15) is 5.75 Å². The van der Waals surface area contributed by atoms with Crippen molar-refractivity contribution >= 4 is 28.1 Å². The summed E-state index contributed by atoms with van der Waals surface area (Å²) < 4.78 is 9.66. The second kappa shape index (κ2) is 9.70. The van der Waals surface area contributed by atoms with Gasteiger partial charge in [-0.25, -0.2) is 4.98 Å². The predicted octanol–water partition coefficient (Wildman–Crippen LogP) is 5.09. The van der Waals surface area contributed by atoms with E-state index in [0.29, 0.717) is 28.9 Å². The van der Waals surface area contributed by atoms with Crippen molar-refractivity contribution in [2.75, 3.05) is 0 Å². The molecule has 3 heterocycles. The van der Waals surface area contributed by atoms with Crippen LogP contribution in [-0.4, -0.2) is 24.1 Å². The summed E-state index contributed by atoms with van der Waals surface area (Å²) in [5.74, 6) is 2.51. The molecule has 166 valence electrons. The lowest BCUT2D eigenvalue weighted by Gasteiger charge is -2.16. The van der Waals surface area contributed by atoms with E-state index < -0.39 is 0 Å². The summed E-state index contributed by atoms with van der Waals surface area (Å²) in [6, 6.07) is 9.71. The molecular weight excluding hydrogens is 442 g/mol. The van der Waals surface area contributed by atoms with Crippen molar-refractivity contribution < 1.29 is 4.74 Å². The molecule has 0 aliphatic heterocycles. The van der Waals surface area contributed by atoms with Gasteiger partial charge < -0.3 is 4.74 Å². The third kappa shape index (κ3) is 4.78. The van der Waals surface area contributed by atoms with Crippen LogP contribution in [0.2, 0.25) is 0 Å². The number of thioether (sulfide) groups is 1. The maximum Gasteiger partial charge on any atom is 0.258 e. The second-order valence-corrected chi connectivity index (χ2v) is 9.47. The number of allylic oxidation sites excluding steroid dienone is 1. The molecule has 4 aromatic rings. The number of benzene rings is 1. The summed E-state index contributed by atoms with van der Waals surface area (Å²) in [4.78, 5) is 17.5. The fourth-order valence-corrected chi connectivity index (χ4v) is 4.88. The van der Waals surface area contributed by atoms with Gasteiger partial charge >= 0.3 is 0 Å². The molecule has 0 saturated heterocycles. The van der Waals surface area contributed by atoms with E-state index >= 15 is 0 Å². The van der Waals surface area contributed by atoms with Gasteiger partial charge in [-0.15, -0.1) is 28.1 Å². The Kier molecular flexibility index (Phi) is 6.76. The number of ether oxygens (including phenoxy) is 1. The van der Waals surface area contributed by atoms with Crippen LogP contribution in [0, 0.1) is 0 Å². The van der Waals surface area contributed by atoms with Gasteiger partial charge in [0.2, 0.25) is 0 Å².